The third-order valence-electron chi connectivity index (χ3n) is 2.70. The molecular weight excluding hydrogens is 256 g/mol. The van der Waals surface area contributed by atoms with Gasteiger partial charge in [-0.25, -0.2) is 4.79 Å². The number of anilines is 1. The number of carboxylic acids is 1. The number of ether oxygens (including phenoxy) is 1. The molecule has 0 aliphatic carbocycles. The van der Waals surface area contributed by atoms with Crippen molar-refractivity contribution in [2.24, 2.45) is 0 Å². The molecule has 1 heterocycles. The fraction of sp³-hybridized carbons (Fsp3) is 0.273. The number of rotatable bonds is 3. The smallest absolute Gasteiger partial charge is 0.338 e. The topological polar surface area (TPSA) is 110 Å². The number of aromatic carboxylic acids is 1. The molecular formula is C11H10N2O6. The van der Waals surface area contributed by atoms with Crippen LogP contribution in [0.3, 0.4) is 0 Å². The zero-order valence-corrected chi connectivity index (χ0v) is 9.74. The van der Waals surface area contributed by atoms with Crippen LogP contribution in [0.4, 0.5) is 11.4 Å². The monoisotopic (exact) mass is 266 g/mol. The molecule has 100 valence electrons. The molecule has 19 heavy (non-hydrogen) atoms. The number of nitro groups is 1. The molecule has 0 spiro atoms. The van der Waals surface area contributed by atoms with E-state index in [0.717, 1.165) is 6.07 Å². The highest BCUT2D eigenvalue weighted by atomic mass is 16.6. The summed E-state index contributed by atoms with van der Waals surface area (Å²) in [5, 5.41) is 19.7. The first-order valence-electron chi connectivity index (χ1n) is 5.40. The van der Waals surface area contributed by atoms with Crippen molar-refractivity contribution in [3.8, 4) is 0 Å². The van der Waals surface area contributed by atoms with E-state index in [0.29, 0.717) is 6.61 Å². The van der Waals surface area contributed by atoms with E-state index in [1.807, 2.05) is 0 Å². The second-order valence-electron chi connectivity index (χ2n) is 3.86. The summed E-state index contributed by atoms with van der Waals surface area (Å²) in [5.41, 5.74) is -0.460. The van der Waals surface area contributed by atoms with Gasteiger partial charge >= 0.3 is 5.97 Å². The molecule has 0 radical (unpaired) electrons. The summed E-state index contributed by atoms with van der Waals surface area (Å²) in [6, 6.07) is 3.38. The number of hydrogen-bond donors (Lipinski definition) is 1. The second kappa shape index (κ2) is 5.02. The molecule has 1 aromatic carbocycles. The molecule has 8 nitrogen and oxygen atoms in total. The fourth-order valence-corrected chi connectivity index (χ4v) is 1.82. The maximum atomic E-state index is 11.7. The number of amides is 1. The quantitative estimate of drug-likeness (QED) is 0.635. The lowest BCUT2D eigenvalue weighted by Crippen LogP contribution is -2.42. The zero-order chi connectivity index (χ0) is 14.0. The Morgan fingerprint density at radius 2 is 2.21 bits per heavy atom. The number of carbonyl (C=O) groups is 2. The van der Waals surface area contributed by atoms with Crippen molar-refractivity contribution < 1.29 is 24.4 Å². The van der Waals surface area contributed by atoms with Crippen molar-refractivity contribution in [1.82, 2.24) is 0 Å². The molecule has 1 aliphatic rings. The van der Waals surface area contributed by atoms with E-state index < -0.39 is 10.9 Å². The first-order valence-corrected chi connectivity index (χ1v) is 5.40. The van der Waals surface area contributed by atoms with Gasteiger partial charge in [0, 0.05) is 18.7 Å². The molecule has 0 bridgehead atoms. The van der Waals surface area contributed by atoms with E-state index in [2.05, 4.69) is 0 Å². The number of carboxylic acid groups (broad SMARTS) is 1. The van der Waals surface area contributed by atoms with Crippen LogP contribution >= 0.6 is 0 Å². The van der Waals surface area contributed by atoms with Crippen LogP contribution in [-0.4, -0.2) is 41.7 Å². The number of morpholine rings is 1. The SMILES string of the molecule is O=C(O)c1cc([N+](=O)[O-])ccc1N1CCOCC1=O. The van der Waals surface area contributed by atoms with E-state index >= 15 is 0 Å². The van der Waals surface area contributed by atoms with Gasteiger partial charge in [-0.1, -0.05) is 0 Å². The Balaban J connectivity index is 2.47. The van der Waals surface area contributed by atoms with E-state index in [-0.39, 0.29) is 36.0 Å². The van der Waals surface area contributed by atoms with E-state index in [9.17, 15) is 19.7 Å². The normalized spacial score (nSPS) is 15.4. The summed E-state index contributed by atoms with van der Waals surface area (Å²) >= 11 is 0. The van der Waals surface area contributed by atoms with Gasteiger partial charge in [0.15, 0.2) is 0 Å². The first-order chi connectivity index (χ1) is 9.00. The fourth-order valence-electron chi connectivity index (χ4n) is 1.82. The maximum Gasteiger partial charge on any atom is 0.338 e. The molecule has 0 unspecified atom stereocenters. The molecule has 1 saturated heterocycles. The summed E-state index contributed by atoms with van der Waals surface area (Å²) < 4.78 is 4.95. The van der Waals surface area contributed by atoms with Gasteiger partial charge in [0.05, 0.1) is 22.8 Å². The minimum absolute atomic E-state index is 0.129. The lowest BCUT2D eigenvalue weighted by molar-refractivity contribution is -0.384. The standard InChI is InChI=1S/C11H10N2O6/c14-10-6-19-4-3-12(10)9-2-1-7(13(17)18)5-8(9)11(15)16/h1-2,5H,3-4,6H2,(H,15,16). The predicted molar refractivity (Wildman–Crippen MR) is 63.2 cm³/mol. The van der Waals surface area contributed by atoms with Gasteiger partial charge in [0.1, 0.15) is 6.61 Å². The molecule has 2 rings (SSSR count). The lowest BCUT2D eigenvalue weighted by Gasteiger charge is -2.27. The largest absolute Gasteiger partial charge is 0.478 e. The lowest BCUT2D eigenvalue weighted by atomic mass is 10.1. The number of nitrogens with zero attached hydrogens (tertiary/aromatic N) is 2. The van der Waals surface area contributed by atoms with Crippen molar-refractivity contribution in [3.63, 3.8) is 0 Å². The molecule has 8 heteroatoms. The highest BCUT2D eigenvalue weighted by Gasteiger charge is 2.26. The van der Waals surface area contributed by atoms with Crippen molar-refractivity contribution >= 4 is 23.3 Å². The van der Waals surface area contributed by atoms with Gasteiger partial charge in [-0.3, -0.25) is 14.9 Å². The van der Waals surface area contributed by atoms with Crippen LogP contribution in [0, 0.1) is 10.1 Å². The van der Waals surface area contributed by atoms with Crippen molar-refractivity contribution in [2.45, 2.75) is 0 Å². The van der Waals surface area contributed by atoms with Gasteiger partial charge in [-0.2, -0.15) is 0 Å². The molecule has 1 N–H and O–H groups in total. The Labute approximate surface area is 107 Å². The Morgan fingerprint density at radius 3 is 2.79 bits per heavy atom. The van der Waals surface area contributed by atoms with Crippen LogP contribution in [0.15, 0.2) is 18.2 Å². The minimum Gasteiger partial charge on any atom is -0.478 e. The third-order valence-corrected chi connectivity index (χ3v) is 2.70. The predicted octanol–water partition coefficient (Wildman–Crippen LogP) is 0.656. The first kappa shape index (κ1) is 13.0. The van der Waals surface area contributed by atoms with Crippen LogP contribution in [0.2, 0.25) is 0 Å². The molecule has 1 fully saturated rings. The highest BCUT2D eigenvalue weighted by Crippen LogP contribution is 2.26. The summed E-state index contributed by atoms with van der Waals surface area (Å²) in [6.45, 7) is 0.384. The van der Waals surface area contributed by atoms with Gasteiger partial charge < -0.3 is 14.7 Å². The highest BCUT2D eigenvalue weighted by molar-refractivity contribution is 6.03. The van der Waals surface area contributed by atoms with E-state index in [4.69, 9.17) is 9.84 Å². The van der Waals surface area contributed by atoms with Crippen molar-refractivity contribution in [2.75, 3.05) is 24.7 Å². The van der Waals surface area contributed by atoms with Crippen LogP contribution in [0.25, 0.3) is 0 Å². The van der Waals surface area contributed by atoms with Gasteiger partial charge in [0.2, 0.25) is 0 Å². The average molecular weight is 266 g/mol. The van der Waals surface area contributed by atoms with Crippen LogP contribution in [0.1, 0.15) is 10.4 Å². The maximum absolute atomic E-state index is 11.7. The van der Waals surface area contributed by atoms with Gasteiger partial charge in [-0.15, -0.1) is 0 Å². The Kier molecular flexibility index (Phi) is 3.43. The number of non-ortho nitro benzene ring substituents is 1. The molecule has 0 atom stereocenters. The van der Waals surface area contributed by atoms with E-state index in [1.54, 1.807) is 0 Å². The molecule has 1 aromatic rings. The number of hydrogen-bond acceptors (Lipinski definition) is 5. The zero-order valence-electron chi connectivity index (χ0n) is 9.74. The summed E-state index contributed by atoms with van der Waals surface area (Å²) in [4.78, 5) is 34.0. The van der Waals surface area contributed by atoms with E-state index in [1.165, 1.54) is 17.0 Å². The molecule has 0 aromatic heterocycles. The average Bonchev–Trinajstić information content (AvgIpc) is 2.38. The van der Waals surface area contributed by atoms with Crippen molar-refractivity contribution in [1.29, 1.82) is 0 Å². The Hall–Kier alpha value is -2.48. The van der Waals surface area contributed by atoms with Gasteiger partial charge in [-0.05, 0) is 6.07 Å². The minimum atomic E-state index is -1.32. The van der Waals surface area contributed by atoms with Crippen LogP contribution in [0.5, 0.6) is 0 Å². The Morgan fingerprint density at radius 1 is 1.47 bits per heavy atom. The third kappa shape index (κ3) is 2.52. The summed E-state index contributed by atoms with van der Waals surface area (Å²) in [7, 11) is 0. The number of benzene rings is 1. The van der Waals surface area contributed by atoms with Crippen LogP contribution in [-0.2, 0) is 9.53 Å². The summed E-state index contributed by atoms with van der Waals surface area (Å²) in [5.74, 6) is -1.69. The van der Waals surface area contributed by atoms with Crippen LogP contribution < -0.4 is 4.90 Å². The molecule has 1 amide bonds. The second-order valence-corrected chi connectivity index (χ2v) is 3.86. The number of carbonyl (C=O) groups excluding carboxylic acids is 1. The number of nitro benzene ring substituents is 1. The molecule has 0 saturated carbocycles. The van der Waals surface area contributed by atoms with Crippen molar-refractivity contribution in [3.05, 3.63) is 33.9 Å². The van der Waals surface area contributed by atoms with Gasteiger partial charge in [0.25, 0.3) is 11.6 Å². The summed E-state index contributed by atoms with van der Waals surface area (Å²) in [6.07, 6.45) is 0. The molecule has 1 aliphatic heterocycles. The Bertz CT molecular complexity index is 556.